The van der Waals surface area contributed by atoms with Gasteiger partial charge in [-0.15, -0.1) is 0 Å². The van der Waals surface area contributed by atoms with Crippen LogP contribution in [0.3, 0.4) is 0 Å². The average molecular weight is 519 g/mol. The van der Waals surface area contributed by atoms with Gasteiger partial charge in [-0.3, -0.25) is 33.8 Å². The Hall–Kier alpha value is -2.35. The zero-order valence-corrected chi connectivity index (χ0v) is 24.8. The summed E-state index contributed by atoms with van der Waals surface area (Å²) in [6.45, 7) is 22.0. The van der Waals surface area contributed by atoms with E-state index < -0.39 is 51.4 Å². The number of ketones is 1. The van der Waals surface area contributed by atoms with Crippen LogP contribution in [0, 0.1) is 33.5 Å². The molecule has 0 aromatic heterocycles. The van der Waals surface area contributed by atoms with Crippen molar-refractivity contribution in [3.8, 4) is 0 Å². The molecular formula is C29H46N2O6. The minimum atomic E-state index is -0.904. The van der Waals surface area contributed by atoms with E-state index in [1.54, 1.807) is 20.8 Å². The number of imide groups is 2. The lowest BCUT2D eigenvalue weighted by Gasteiger charge is -2.35. The van der Waals surface area contributed by atoms with E-state index >= 15 is 0 Å². The molecule has 8 nitrogen and oxygen atoms in total. The molecule has 1 fully saturated rings. The van der Waals surface area contributed by atoms with Crippen molar-refractivity contribution in [3.63, 3.8) is 0 Å². The maximum Gasteiger partial charge on any atom is 0.257 e. The molecule has 3 atom stereocenters. The number of carbonyl (C=O) groups excluding carboxylic acids is 5. The SMILES string of the molecule is CC(C)(C)C(=O)COC(CN1C(=O)C=C(C(C)(C)C)C1=O)CN1C(=O)C(C(C)(C)C)C(C(C)(C)C)C1=O. The Morgan fingerprint density at radius 3 is 1.57 bits per heavy atom. The summed E-state index contributed by atoms with van der Waals surface area (Å²) in [6, 6.07) is 0. The Bertz CT molecular complexity index is 965. The second-order valence-corrected chi connectivity index (χ2v) is 14.6. The molecule has 2 rings (SSSR count). The third-order valence-electron chi connectivity index (χ3n) is 7.14. The molecule has 0 spiro atoms. The number of likely N-dealkylation sites (tertiary alicyclic amines) is 1. The van der Waals surface area contributed by atoms with Crippen LogP contribution in [0.2, 0.25) is 0 Å². The molecule has 1 saturated heterocycles. The van der Waals surface area contributed by atoms with Gasteiger partial charge in [-0.2, -0.15) is 0 Å². The molecule has 4 amide bonds. The molecule has 0 bridgehead atoms. The van der Waals surface area contributed by atoms with Gasteiger partial charge < -0.3 is 4.74 Å². The quantitative estimate of drug-likeness (QED) is 0.472. The van der Waals surface area contributed by atoms with Crippen LogP contribution in [0.5, 0.6) is 0 Å². The fourth-order valence-corrected chi connectivity index (χ4v) is 4.85. The van der Waals surface area contributed by atoms with Crippen LogP contribution in [0.25, 0.3) is 0 Å². The maximum absolute atomic E-state index is 13.6. The molecule has 8 heteroatoms. The summed E-state index contributed by atoms with van der Waals surface area (Å²) in [5.41, 5.74) is -1.70. The predicted molar refractivity (Wildman–Crippen MR) is 141 cm³/mol. The highest BCUT2D eigenvalue weighted by Gasteiger charge is 2.56. The zero-order chi connectivity index (χ0) is 28.9. The first kappa shape index (κ1) is 30.9. The van der Waals surface area contributed by atoms with Gasteiger partial charge in [0.25, 0.3) is 11.8 Å². The van der Waals surface area contributed by atoms with E-state index in [2.05, 4.69) is 0 Å². The Morgan fingerprint density at radius 1 is 0.784 bits per heavy atom. The second kappa shape index (κ2) is 10.1. The van der Waals surface area contributed by atoms with Crippen LogP contribution in [0.1, 0.15) is 83.1 Å². The van der Waals surface area contributed by atoms with Crippen LogP contribution in [-0.2, 0) is 28.7 Å². The summed E-state index contributed by atoms with van der Waals surface area (Å²) < 4.78 is 5.95. The number of rotatable bonds is 7. The lowest BCUT2D eigenvalue weighted by molar-refractivity contribution is -0.145. The molecule has 0 N–H and O–H groups in total. The highest BCUT2D eigenvalue weighted by molar-refractivity contribution is 6.16. The number of amides is 4. The van der Waals surface area contributed by atoms with Crippen molar-refractivity contribution in [1.82, 2.24) is 9.80 Å². The number of carbonyl (C=O) groups is 5. The fraction of sp³-hybridized carbons (Fsp3) is 0.759. The van der Waals surface area contributed by atoms with Gasteiger partial charge in [0, 0.05) is 17.1 Å². The number of Topliss-reactive ketones (excluding diaryl/α,β-unsaturated/α-hetero) is 1. The van der Waals surface area contributed by atoms with E-state index in [9.17, 15) is 24.0 Å². The molecular weight excluding hydrogens is 472 g/mol. The first-order chi connectivity index (χ1) is 16.5. The van der Waals surface area contributed by atoms with Crippen molar-refractivity contribution in [2.75, 3.05) is 19.7 Å². The van der Waals surface area contributed by atoms with Crippen molar-refractivity contribution in [2.45, 2.75) is 89.2 Å². The molecule has 0 saturated carbocycles. The molecule has 2 aliphatic heterocycles. The second-order valence-electron chi connectivity index (χ2n) is 14.6. The van der Waals surface area contributed by atoms with Gasteiger partial charge in [0.15, 0.2) is 5.78 Å². The Balaban J connectivity index is 2.38. The normalized spacial score (nSPS) is 22.8. The smallest absolute Gasteiger partial charge is 0.257 e. The molecule has 0 radical (unpaired) electrons. The van der Waals surface area contributed by atoms with E-state index in [4.69, 9.17) is 4.74 Å². The summed E-state index contributed by atoms with van der Waals surface area (Å²) >= 11 is 0. The van der Waals surface area contributed by atoms with Crippen LogP contribution in [-0.4, -0.2) is 65.0 Å². The third kappa shape index (κ3) is 6.75. The van der Waals surface area contributed by atoms with Gasteiger partial charge >= 0.3 is 0 Å². The average Bonchev–Trinajstić information content (AvgIpc) is 3.12. The minimum Gasteiger partial charge on any atom is -0.367 e. The van der Waals surface area contributed by atoms with E-state index in [0.29, 0.717) is 5.57 Å². The van der Waals surface area contributed by atoms with E-state index in [1.165, 1.54) is 11.0 Å². The summed E-state index contributed by atoms with van der Waals surface area (Å²) in [5, 5.41) is 0. The predicted octanol–water partition coefficient (Wildman–Crippen LogP) is 4.02. The number of nitrogens with zero attached hydrogens (tertiary/aromatic N) is 2. The summed E-state index contributed by atoms with van der Waals surface area (Å²) in [5.74, 6) is -2.69. The lowest BCUT2D eigenvalue weighted by atomic mass is 9.65. The summed E-state index contributed by atoms with van der Waals surface area (Å²) in [6.07, 6.45) is 0.427. The molecule has 208 valence electrons. The molecule has 2 heterocycles. The van der Waals surface area contributed by atoms with Crippen LogP contribution < -0.4 is 0 Å². The minimum absolute atomic E-state index is 0.143. The van der Waals surface area contributed by atoms with Crippen molar-refractivity contribution in [2.24, 2.45) is 33.5 Å². The lowest BCUT2D eigenvalue weighted by Crippen LogP contribution is -2.47. The summed E-state index contributed by atoms with van der Waals surface area (Å²) in [7, 11) is 0. The Morgan fingerprint density at radius 2 is 1.22 bits per heavy atom. The van der Waals surface area contributed by atoms with Crippen molar-refractivity contribution in [1.29, 1.82) is 0 Å². The molecule has 0 aromatic carbocycles. The monoisotopic (exact) mass is 518 g/mol. The van der Waals surface area contributed by atoms with E-state index in [-0.39, 0.29) is 37.3 Å². The van der Waals surface area contributed by atoms with Crippen LogP contribution >= 0.6 is 0 Å². The van der Waals surface area contributed by atoms with Crippen LogP contribution in [0.15, 0.2) is 11.6 Å². The number of hydrogen-bond acceptors (Lipinski definition) is 6. The van der Waals surface area contributed by atoms with Crippen molar-refractivity contribution >= 4 is 29.4 Å². The standard InChI is InChI=1S/C29H46N2O6/c1-26(2,3)18-13-20(33)30(23(18)34)14-17(37-16-19(32)27(4,5)6)15-31-24(35)21(28(7,8)9)22(25(31)36)29(10,11)12/h13,17,21-22H,14-16H2,1-12H3. The first-order valence-corrected chi connectivity index (χ1v) is 13.1. The van der Waals surface area contributed by atoms with Gasteiger partial charge in [0.2, 0.25) is 11.8 Å². The van der Waals surface area contributed by atoms with Crippen molar-refractivity contribution in [3.05, 3.63) is 11.6 Å². The van der Waals surface area contributed by atoms with Gasteiger partial charge in [-0.25, -0.2) is 0 Å². The third-order valence-corrected chi connectivity index (χ3v) is 7.14. The van der Waals surface area contributed by atoms with Crippen LogP contribution in [0.4, 0.5) is 0 Å². The van der Waals surface area contributed by atoms with Crippen molar-refractivity contribution < 1.29 is 28.7 Å². The van der Waals surface area contributed by atoms with Gasteiger partial charge in [0.1, 0.15) is 6.61 Å². The first-order valence-electron chi connectivity index (χ1n) is 13.1. The van der Waals surface area contributed by atoms with Gasteiger partial charge in [-0.05, 0) is 16.2 Å². The fourth-order valence-electron chi connectivity index (χ4n) is 4.85. The largest absolute Gasteiger partial charge is 0.367 e. The highest BCUT2D eigenvalue weighted by Crippen LogP contribution is 2.47. The zero-order valence-electron chi connectivity index (χ0n) is 24.8. The molecule has 2 aliphatic rings. The maximum atomic E-state index is 13.6. The Labute approximate surface area is 222 Å². The summed E-state index contributed by atoms with van der Waals surface area (Å²) in [4.78, 5) is 68.0. The highest BCUT2D eigenvalue weighted by atomic mass is 16.5. The number of hydrogen-bond donors (Lipinski definition) is 0. The Kier molecular flexibility index (Phi) is 8.41. The molecule has 0 aromatic rings. The molecule has 0 aliphatic carbocycles. The van der Waals surface area contributed by atoms with Gasteiger partial charge in [-0.1, -0.05) is 83.1 Å². The number of ether oxygens (including phenoxy) is 1. The van der Waals surface area contributed by atoms with Gasteiger partial charge in [0.05, 0.1) is 31.0 Å². The van der Waals surface area contributed by atoms with E-state index in [1.807, 2.05) is 62.3 Å². The topological polar surface area (TPSA) is 101 Å². The molecule has 3 unspecified atom stereocenters. The van der Waals surface area contributed by atoms with E-state index in [0.717, 1.165) is 4.90 Å². The molecule has 37 heavy (non-hydrogen) atoms.